The van der Waals surface area contributed by atoms with Crippen molar-refractivity contribution in [3.05, 3.63) is 43.8 Å². The zero-order chi connectivity index (χ0) is 16.8. The molecule has 2 heterocycles. The maximum atomic E-state index is 12.8. The molecule has 0 aliphatic carbocycles. The molecular weight excluding hydrogens is 383 g/mol. The van der Waals surface area contributed by atoms with Crippen LogP contribution in [0.15, 0.2) is 18.2 Å². The quantitative estimate of drug-likeness (QED) is 0.813. The van der Waals surface area contributed by atoms with Crippen LogP contribution in [-0.2, 0) is 16.9 Å². The average molecular weight is 392 g/mol. The van der Waals surface area contributed by atoms with Crippen LogP contribution in [-0.4, -0.2) is 26.4 Å². The van der Waals surface area contributed by atoms with Gasteiger partial charge in [0.15, 0.2) is 0 Å². The highest BCUT2D eigenvalue weighted by Crippen LogP contribution is 2.35. The van der Waals surface area contributed by atoms with Crippen molar-refractivity contribution in [2.45, 2.75) is 19.0 Å². The van der Waals surface area contributed by atoms with E-state index in [1.165, 1.54) is 6.07 Å². The summed E-state index contributed by atoms with van der Waals surface area (Å²) in [6.45, 7) is 1.53. The Kier molecular flexibility index (Phi) is 4.22. The van der Waals surface area contributed by atoms with Crippen molar-refractivity contribution in [1.82, 2.24) is 19.8 Å². The molecule has 0 radical (unpaired) electrons. The van der Waals surface area contributed by atoms with Crippen molar-refractivity contribution >= 4 is 58.3 Å². The number of urea groups is 1. The third kappa shape index (κ3) is 2.78. The molecule has 3 rings (SSSR count). The fourth-order valence-corrected chi connectivity index (χ4v) is 3.57. The Bertz CT molecular complexity index is 812. The number of aromatic nitrogens is 2. The van der Waals surface area contributed by atoms with Gasteiger partial charge in [-0.25, -0.2) is 4.79 Å². The van der Waals surface area contributed by atoms with E-state index in [2.05, 4.69) is 14.9 Å². The van der Waals surface area contributed by atoms with E-state index in [1.54, 1.807) is 19.1 Å². The van der Waals surface area contributed by atoms with Gasteiger partial charge in [-0.2, -0.15) is 0 Å². The Hall–Kier alpha value is -1.41. The van der Waals surface area contributed by atoms with Crippen LogP contribution in [0.4, 0.5) is 4.79 Å². The van der Waals surface area contributed by atoms with Gasteiger partial charge in [-0.3, -0.25) is 9.69 Å². The summed E-state index contributed by atoms with van der Waals surface area (Å²) in [5, 5.41) is 7.21. The van der Waals surface area contributed by atoms with Gasteiger partial charge in [0.05, 0.1) is 6.54 Å². The Morgan fingerprint density at radius 2 is 2.04 bits per heavy atom. The lowest BCUT2D eigenvalue weighted by molar-refractivity contribution is -0.131. The van der Waals surface area contributed by atoms with Crippen molar-refractivity contribution in [2.75, 3.05) is 0 Å². The van der Waals surface area contributed by atoms with Crippen molar-refractivity contribution in [1.29, 1.82) is 0 Å². The summed E-state index contributed by atoms with van der Waals surface area (Å²) in [5.74, 6) is -0.448. The molecule has 120 valence electrons. The first-order valence-electron chi connectivity index (χ1n) is 6.39. The highest BCUT2D eigenvalue weighted by molar-refractivity contribution is 7.10. The van der Waals surface area contributed by atoms with Crippen LogP contribution >= 0.6 is 46.3 Å². The summed E-state index contributed by atoms with van der Waals surface area (Å²) in [6.07, 6.45) is 0. The smallest absolute Gasteiger partial charge is 0.319 e. The van der Waals surface area contributed by atoms with Crippen LogP contribution in [0.3, 0.4) is 0 Å². The molecule has 1 aromatic carbocycles. The predicted octanol–water partition coefficient (Wildman–Crippen LogP) is 3.47. The minimum absolute atomic E-state index is 0.0548. The van der Waals surface area contributed by atoms with Gasteiger partial charge in [0, 0.05) is 27.1 Å². The topological polar surface area (TPSA) is 75.2 Å². The standard InChI is InChI=1S/C13H9Cl3N4O2S/c1-13(7-3-2-6(14)4-8(7)15)11(21)20(12(22)17-13)5-9-10(16)23-19-18-9/h2-4H,5H2,1H3,(H,17,22). The number of imide groups is 1. The fraction of sp³-hybridized carbons (Fsp3) is 0.231. The molecule has 10 heteroatoms. The van der Waals surface area contributed by atoms with Gasteiger partial charge in [-0.05, 0) is 19.1 Å². The van der Waals surface area contributed by atoms with Crippen LogP contribution in [0.1, 0.15) is 18.2 Å². The fourth-order valence-electron chi connectivity index (χ4n) is 2.36. The molecule has 1 aromatic heterocycles. The summed E-state index contributed by atoms with van der Waals surface area (Å²) in [4.78, 5) is 26.0. The molecule has 1 fully saturated rings. The third-order valence-electron chi connectivity index (χ3n) is 3.56. The van der Waals surface area contributed by atoms with Gasteiger partial charge in [0.2, 0.25) is 0 Å². The second-order valence-electron chi connectivity index (χ2n) is 5.06. The number of carbonyl (C=O) groups excluding carboxylic acids is 2. The first kappa shape index (κ1) is 16.4. The van der Waals surface area contributed by atoms with Crippen molar-refractivity contribution in [3.63, 3.8) is 0 Å². The summed E-state index contributed by atoms with van der Waals surface area (Å²) in [6, 6.07) is 4.20. The number of nitrogens with one attached hydrogen (secondary N) is 1. The molecule has 1 aliphatic rings. The lowest BCUT2D eigenvalue weighted by atomic mass is 9.92. The lowest BCUT2D eigenvalue weighted by Crippen LogP contribution is -2.41. The summed E-state index contributed by atoms with van der Waals surface area (Å²) in [5.41, 5.74) is -0.451. The van der Waals surface area contributed by atoms with E-state index in [0.29, 0.717) is 25.6 Å². The highest BCUT2D eigenvalue weighted by atomic mass is 35.5. The molecule has 0 saturated carbocycles. The number of benzene rings is 1. The molecule has 0 bridgehead atoms. The van der Waals surface area contributed by atoms with Crippen LogP contribution in [0.5, 0.6) is 0 Å². The van der Waals surface area contributed by atoms with E-state index in [-0.39, 0.29) is 6.54 Å². The van der Waals surface area contributed by atoms with E-state index in [1.807, 2.05) is 0 Å². The summed E-state index contributed by atoms with van der Waals surface area (Å²) >= 11 is 19.0. The third-order valence-corrected chi connectivity index (χ3v) is 5.09. The van der Waals surface area contributed by atoms with Gasteiger partial charge < -0.3 is 5.32 Å². The molecule has 1 N–H and O–H groups in total. The minimum Gasteiger partial charge on any atom is -0.319 e. The molecule has 3 amide bonds. The van der Waals surface area contributed by atoms with E-state index >= 15 is 0 Å². The zero-order valence-corrected chi connectivity index (χ0v) is 14.7. The highest BCUT2D eigenvalue weighted by Gasteiger charge is 2.50. The minimum atomic E-state index is -1.28. The first-order chi connectivity index (χ1) is 10.8. The van der Waals surface area contributed by atoms with Crippen LogP contribution in [0.2, 0.25) is 14.4 Å². The molecule has 1 saturated heterocycles. The number of nitrogens with zero attached hydrogens (tertiary/aromatic N) is 3. The SMILES string of the molecule is CC1(c2ccc(Cl)cc2Cl)NC(=O)N(Cc2nnsc2Cl)C1=O. The van der Waals surface area contributed by atoms with Gasteiger partial charge >= 0.3 is 6.03 Å². The zero-order valence-electron chi connectivity index (χ0n) is 11.6. The molecule has 2 aromatic rings. The number of carbonyl (C=O) groups is 2. The lowest BCUT2D eigenvalue weighted by Gasteiger charge is -2.23. The van der Waals surface area contributed by atoms with Gasteiger partial charge in [-0.15, -0.1) is 5.10 Å². The van der Waals surface area contributed by atoms with Crippen molar-refractivity contribution < 1.29 is 9.59 Å². The summed E-state index contributed by atoms with van der Waals surface area (Å²) < 4.78 is 4.02. The van der Waals surface area contributed by atoms with E-state index in [4.69, 9.17) is 34.8 Å². The van der Waals surface area contributed by atoms with Crippen LogP contribution in [0, 0.1) is 0 Å². The van der Waals surface area contributed by atoms with Crippen LogP contribution < -0.4 is 5.32 Å². The number of hydrogen-bond acceptors (Lipinski definition) is 5. The Morgan fingerprint density at radius 1 is 1.30 bits per heavy atom. The van der Waals surface area contributed by atoms with E-state index < -0.39 is 17.5 Å². The Balaban J connectivity index is 1.95. The molecule has 23 heavy (non-hydrogen) atoms. The molecule has 0 spiro atoms. The first-order valence-corrected chi connectivity index (χ1v) is 8.30. The molecular formula is C13H9Cl3N4O2S. The molecule has 1 atom stereocenters. The number of rotatable bonds is 3. The Labute approximate surface area is 150 Å². The molecule has 1 aliphatic heterocycles. The van der Waals surface area contributed by atoms with Crippen molar-refractivity contribution in [3.8, 4) is 0 Å². The van der Waals surface area contributed by atoms with Crippen LogP contribution in [0.25, 0.3) is 0 Å². The van der Waals surface area contributed by atoms with Gasteiger partial charge in [0.1, 0.15) is 15.6 Å². The summed E-state index contributed by atoms with van der Waals surface area (Å²) in [7, 11) is 0. The normalized spacial score (nSPS) is 21.0. The van der Waals surface area contributed by atoms with Gasteiger partial charge in [0.25, 0.3) is 5.91 Å². The second-order valence-corrected chi connectivity index (χ2v) is 7.26. The number of halogens is 3. The maximum absolute atomic E-state index is 12.8. The molecule has 1 unspecified atom stereocenters. The maximum Gasteiger partial charge on any atom is 0.325 e. The predicted molar refractivity (Wildman–Crippen MR) is 87.8 cm³/mol. The van der Waals surface area contributed by atoms with E-state index in [9.17, 15) is 9.59 Å². The number of amides is 3. The largest absolute Gasteiger partial charge is 0.325 e. The molecule has 6 nitrogen and oxygen atoms in total. The second kappa shape index (κ2) is 5.90. The average Bonchev–Trinajstić information content (AvgIpc) is 2.96. The Morgan fingerprint density at radius 3 is 2.65 bits per heavy atom. The van der Waals surface area contributed by atoms with Gasteiger partial charge in [-0.1, -0.05) is 45.4 Å². The van der Waals surface area contributed by atoms with E-state index in [0.717, 1.165) is 16.4 Å². The monoisotopic (exact) mass is 390 g/mol. The van der Waals surface area contributed by atoms with Crippen molar-refractivity contribution in [2.24, 2.45) is 0 Å². The number of hydrogen-bond donors (Lipinski definition) is 1.